The van der Waals surface area contributed by atoms with Crippen molar-refractivity contribution in [3.05, 3.63) is 171 Å². The molecule has 8 aromatic rings. The molecule has 2 aliphatic heterocycles. The summed E-state index contributed by atoms with van der Waals surface area (Å²) in [7, 11) is 0. The van der Waals surface area contributed by atoms with Crippen molar-refractivity contribution < 1.29 is 52.7 Å². The maximum atomic E-state index is 18.0. The van der Waals surface area contributed by atoms with Gasteiger partial charge in [0.05, 0.1) is 14.2 Å². The fourth-order valence-electron chi connectivity index (χ4n) is 15.5. The number of allylic oxidation sites excluding steroid dienone is 4. The van der Waals surface area contributed by atoms with Crippen molar-refractivity contribution in [2.45, 2.75) is 292 Å². The molecule has 0 saturated heterocycles. The summed E-state index contributed by atoms with van der Waals surface area (Å²) in [5.74, 6) is -34.7. The molecule has 2 nitrogen and oxygen atoms in total. The molecule has 0 amide bonds. The largest absolute Gasteiger partial charge is 0.380 e. The lowest BCUT2D eigenvalue weighted by atomic mass is 9.71. The number of rotatable bonds is 8. The number of alkyl halides is 12. The molecule has 1 saturated carbocycles. The van der Waals surface area contributed by atoms with E-state index < -0.39 is 121 Å². The minimum atomic E-state index is -6.11. The molecule has 4 aromatic carbocycles. The minimum Gasteiger partial charge on any atom is -0.302 e. The summed E-state index contributed by atoms with van der Waals surface area (Å²) in [6.45, 7) is 55.7. The zero-order valence-corrected chi connectivity index (χ0v) is 71.9. The molecule has 0 spiro atoms. The fourth-order valence-corrected chi connectivity index (χ4v) is 24.6. The number of fused-ring (bicyclic) bond motifs is 9. The van der Waals surface area contributed by atoms with Crippen LogP contribution in [0.1, 0.15) is 255 Å². The zero-order valence-electron chi connectivity index (χ0n) is 67.0. The maximum absolute atomic E-state index is 18.0. The van der Waals surface area contributed by atoms with Gasteiger partial charge < -0.3 is 9.80 Å². The van der Waals surface area contributed by atoms with Crippen molar-refractivity contribution in [1.29, 1.82) is 0 Å². The van der Waals surface area contributed by atoms with Crippen molar-refractivity contribution in [3.8, 4) is 0 Å². The summed E-state index contributed by atoms with van der Waals surface area (Å²) < 4.78 is 208. The van der Waals surface area contributed by atoms with Crippen molar-refractivity contribution in [3.63, 3.8) is 0 Å². The summed E-state index contributed by atoms with van der Waals surface area (Å²) in [4.78, 5) is 3.12. The highest BCUT2D eigenvalue weighted by Crippen LogP contribution is 2.81. The molecular formula is C88H98F12N2S6. The SMILES string of the molecule is Cc1sc2c(c1C1=C(c3c(C)sc4cc(N(c5cc(C(C)(C)C)cc(C(C)(C)C)c5)c5cc(C(C)(C)C)cc(C(C)(C)C)c5)sc34)C(F)(F)C(F)(F)C1(F)F)SC1(C)C2=C2C(=C3c4sc(N(c5cc(C(C)(C)C)cc(C(C)(C)C)c5)c5cc(C(C)(C)C)cc(C(C)(C)C)c5)cc4SC31C)C(F)(F)C(F)(F)C2(F)F. The van der Waals surface area contributed by atoms with Crippen molar-refractivity contribution >= 4 is 133 Å². The number of nitrogens with zero attached hydrogens (tertiary/aromatic N) is 2. The van der Waals surface area contributed by atoms with Crippen LogP contribution in [0, 0.1) is 13.8 Å². The maximum Gasteiger partial charge on any atom is 0.380 e. The Morgan fingerprint density at radius 2 is 0.565 bits per heavy atom. The van der Waals surface area contributed by atoms with Crippen LogP contribution in [0.5, 0.6) is 0 Å². The third-order valence-electron chi connectivity index (χ3n) is 22.6. The van der Waals surface area contributed by atoms with E-state index in [0.717, 1.165) is 90.3 Å². The topological polar surface area (TPSA) is 6.48 Å². The Kier molecular flexibility index (Phi) is 18.0. The van der Waals surface area contributed by atoms with Crippen LogP contribution in [-0.4, -0.2) is 45.0 Å². The van der Waals surface area contributed by atoms with Crippen molar-refractivity contribution in [2.75, 3.05) is 9.80 Å². The van der Waals surface area contributed by atoms with Gasteiger partial charge in [0.15, 0.2) is 0 Å². The first kappa shape index (κ1) is 80.7. The van der Waals surface area contributed by atoms with Gasteiger partial charge in [-0.1, -0.05) is 190 Å². The first-order valence-corrected chi connectivity index (χ1v) is 41.5. The summed E-state index contributed by atoms with van der Waals surface area (Å²) in [5, 5.41) is 0.901. The Morgan fingerprint density at radius 1 is 0.287 bits per heavy atom. The molecule has 108 heavy (non-hydrogen) atoms. The predicted molar refractivity (Wildman–Crippen MR) is 436 cm³/mol. The standard InChI is InChI=1S/C88H98F12N2S6/c1-43-61(69-57(103-43)41-59(105-69)101(53-33-45(73(3,4)5)29-46(34-53)74(6,7)8)54-35-47(75(9,10)11)30-48(36-54)76(12,13)14)63-64(84(91,92)87(97,98)83(63,89)90)62-44(2)104-72-68-66-65(85(93,94)88(99,100)86(66,95)96)67-70-58(107-81(67,27)82(68,28)108-71(62)72)42-60(106-70)102(55-37-49(77(15,16)17)31-50(38-55)78(18,19)20)56-39-51(79(21,22)23)32-52(40-56)80(24,25)26/h29-42H,1-28H3. The lowest BCUT2D eigenvalue weighted by Gasteiger charge is -2.47. The molecule has 2 unspecified atom stereocenters. The number of thioether (sulfide) groups is 2. The van der Waals surface area contributed by atoms with Crippen LogP contribution >= 0.6 is 68.9 Å². The van der Waals surface area contributed by atoms with E-state index in [1.165, 1.54) is 27.7 Å². The summed E-state index contributed by atoms with van der Waals surface area (Å²) >= 11 is 5.00. The van der Waals surface area contributed by atoms with Crippen LogP contribution in [0.3, 0.4) is 0 Å². The Bertz CT molecular complexity index is 4940. The molecule has 0 radical (unpaired) electrons. The number of halogens is 12. The van der Waals surface area contributed by atoms with E-state index in [0.29, 0.717) is 60.6 Å². The summed E-state index contributed by atoms with van der Waals surface area (Å²) in [6.07, 6.45) is 0. The normalized spacial score (nSPS) is 21.7. The first-order chi connectivity index (χ1) is 48.7. The molecule has 4 aromatic heterocycles. The van der Waals surface area contributed by atoms with Gasteiger partial charge in [-0.2, -0.15) is 52.7 Å². The molecule has 0 N–H and O–H groups in total. The molecule has 13 rings (SSSR count). The van der Waals surface area contributed by atoms with Gasteiger partial charge in [0.1, 0.15) is 10.0 Å². The second-order valence-electron chi connectivity index (χ2n) is 39.0. The molecular weight excluding hydrogens is 1510 g/mol. The first-order valence-electron chi connectivity index (χ1n) is 36.6. The molecule has 1 fully saturated rings. The van der Waals surface area contributed by atoms with Gasteiger partial charge in [0.2, 0.25) is 0 Å². The molecule has 6 heterocycles. The minimum absolute atomic E-state index is 0.00675. The Balaban J connectivity index is 1.06. The van der Waals surface area contributed by atoms with Gasteiger partial charge in [-0.3, -0.25) is 0 Å². The van der Waals surface area contributed by atoms with E-state index in [9.17, 15) is 0 Å². The molecule has 5 aliphatic rings. The van der Waals surface area contributed by atoms with Crippen LogP contribution in [0.2, 0.25) is 0 Å². The van der Waals surface area contributed by atoms with Gasteiger partial charge in [-0.15, -0.1) is 68.9 Å². The van der Waals surface area contributed by atoms with Gasteiger partial charge in [0.25, 0.3) is 0 Å². The number of hydrogen-bond acceptors (Lipinski definition) is 8. The van der Waals surface area contributed by atoms with E-state index in [1.54, 1.807) is 12.1 Å². The predicted octanol–water partition coefficient (Wildman–Crippen LogP) is 30.7. The highest BCUT2D eigenvalue weighted by Gasteiger charge is 2.86. The van der Waals surface area contributed by atoms with Gasteiger partial charge in [-0.25, -0.2) is 0 Å². The average Bonchev–Trinajstić information content (AvgIpc) is 1.47. The second-order valence-corrected chi connectivity index (χ2v) is 46.4. The Morgan fingerprint density at radius 3 is 0.889 bits per heavy atom. The number of hydrogen-bond donors (Lipinski definition) is 0. The Hall–Kier alpha value is -5.38. The number of benzene rings is 4. The molecule has 0 bridgehead atoms. The molecule has 580 valence electrons. The van der Waals surface area contributed by atoms with Gasteiger partial charge in [-0.05, 0) is 187 Å². The second kappa shape index (κ2) is 24.1. The Labute approximate surface area is 654 Å². The van der Waals surface area contributed by atoms with E-state index in [1.807, 2.05) is 9.80 Å². The zero-order chi connectivity index (χ0) is 80.6. The highest BCUT2D eigenvalue weighted by molar-refractivity contribution is 8.06. The number of thiophene rings is 4. The van der Waals surface area contributed by atoms with Crippen molar-refractivity contribution in [2.24, 2.45) is 0 Å². The fraction of sp³-hybridized carbons (Fsp3) is 0.500. The lowest BCUT2D eigenvalue weighted by Crippen LogP contribution is -2.49. The van der Waals surface area contributed by atoms with Crippen LogP contribution in [0.25, 0.3) is 31.7 Å². The third kappa shape index (κ3) is 11.9. The lowest BCUT2D eigenvalue weighted by molar-refractivity contribution is -0.257. The number of aryl methyl sites for hydroxylation is 2. The summed E-state index contributed by atoms with van der Waals surface area (Å²) in [6, 6.07) is 28.7. The quantitative estimate of drug-likeness (QED) is 0.140. The third-order valence-corrected chi connectivity index (χ3v) is 30.8. The van der Waals surface area contributed by atoms with E-state index in [-0.39, 0.29) is 45.9 Å². The van der Waals surface area contributed by atoms with Crippen LogP contribution in [0.15, 0.2) is 106 Å². The van der Waals surface area contributed by atoms with Gasteiger partial charge >= 0.3 is 35.5 Å². The highest BCUT2D eigenvalue weighted by atomic mass is 32.2. The van der Waals surface area contributed by atoms with Gasteiger partial charge in [0, 0.05) is 90.2 Å². The summed E-state index contributed by atoms with van der Waals surface area (Å²) in [5.41, 5.74) is -1.92. The number of anilines is 6. The van der Waals surface area contributed by atoms with Crippen molar-refractivity contribution in [1.82, 2.24) is 0 Å². The van der Waals surface area contributed by atoms with Crippen LogP contribution in [0.4, 0.5) is 85.4 Å². The van der Waals surface area contributed by atoms with Crippen LogP contribution in [-0.2, 0) is 43.3 Å². The molecule has 3 aliphatic carbocycles. The average molecular weight is 1600 g/mol. The van der Waals surface area contributed by atoms with E-state index >= 15 is 52.7 Å². The van der Waals surface area contributed by atoms with E-state index in [2.05, 4.69) is 239 Å². The molecule has 20 heteroatoms. The monoisotopic (exact) mass is 1600 g/mol. The smallest absolute Gasteiger partial charge is 0.302 e. The molecule has 2 atom stereocenters. The van der Waals surface area contributed by atoms with E-state index in [4.69, 9.17) is 0 Å². The van der Waals surface area contributed by atoms with Crippen LogP contribution < -0.4 is 9.80 Å².